The molecule has 0 aliphatic rings. The lowest BCUT2D eigenvalue weighted by Crippen LogP contribution is -2.87. The van der Waals surface area contributed by atoms with Crippen molar-refractivity contribution in [3.05, 3.63) is 35.4 Å². The highest BCUT2D eigenvalue weighted by molar-refractivity contribution is 5.94. The Bertz CT molecular complexity index is 524. The van der Waals surface area contributed by atoms with E-state index in [2.05, 4.69) is 10.6 Å². The average molecular weight is 314 g/mol. The molecule has 4 N–H and O–H groups in total. The predicted octanol–water partition coefficient (Wildman–Crippen LogP) is 1.22. The number of nitrogens with one attached hydrogen (secondary N) is 2. The van der Waals surface area contributed by atoms with Crippen molar-refractivity contribution in [2.24, 2.45) is 0 Å². The zero-order valence-corrected chi connectivity index (χ0v) is 12.8. The molecule has 0 spiro atoms. The van der Waals surface area contributed by atoms with Crippen LogP contribution < -0.4 is 16.0 Å². The number of hydrogen-bond donors (Lipinski definition) is 3. The number of imide groups is 1. The molecule has 0 aliphatic carbocycles. The van der Waals surface area contributed by atoms with Crippen LogP contribution in [0.15, 0.2) is 18.2 Å². The highest BCUT2D eigenvalue weighted by Gasteiger charge is 2.15. The van der Waals surface area contributed by atoms with Gasteiger partial charge in [0.15, 0.2) is 18.2 Å². The molecule has 1 atom stereocenters. The first-order valence-electron chi connectivity index (χ1n) is 7.30. The van der Waals surface area contributed by atoms with Crippen LogP contribution in [-0.2, 0) is 4.79 Å². The summed E-state index contributed by atoms with van der Waals surface area (Å²) < 4.78 is 26.0. The fraction of sp³-hybridized carbons (Fsp3) is 0.467. The Morgan fingerprint density at radius 2 is 2.00 bits per heavy atom. The molecule has 1 rings (SSSR count). The van der Waals surface area contributed by atoms with E-state index in [0.717, 1.165) is 25.0 Å². The standard InChI is InChI=1S/C15H21F2N3O2/c1-3-4-7-18-15(22)20-14(21)9-19-10(2)11-5-6-12(16)13(17)8-11/h5-6,8,10,19H,3-4,7,9H2,1-2H3,(H2,18,20,21,22)/p+1/t10-/m0/s1. The van der Waals surface area contributed by atoms with Gasteiger partial charge in [0.25, 0.3) is 5.91 Å². The minimum Gasteiger partial charge on any atom is -0.338 e. The van der Waals surface area contributed by atoms with E-state index in [9.17, 15) is 18.4 Å². The first kappa shape index (κ1) is 18.0. The zero-order chi connectivity index (χ0) is 16.5. The van der Waals surface area contributed by atoms with Gasteiger partial charge in [0, 0.05) is 12.1 Å². The average Bonchev–Trinajstić information content (AvgIpc) is 2.48. The molecule has 0 radical (unpaired) electrons. The maximum Gasteiger partial charge on any atom is 0.321 e. The van der Waals surface area contributed by atoms with Gasteiger partial charge < -0.3 is 10.6 Å². The first-order chi connectivity index (χ1) is 10.4. The minimum absolute atomic E-state index is 0.0152. The van der Waals surface area contributed by atoms with Gasteiger partial charge in [0.2, 0.25) is 0 Å². The number of halogens is 2. The largest absolute Gasteiger partial charge is 0.338 e. The molecule has 0 heterocycles. The van der Waals surface area contributed by atoms with Crippen molar-refractivity contribution in [1.29, 1.82) is 0 Å². The summed E-state index contributed by atoms with van der Waals surface area (Å²) in [6.07, 6.45) is 1.80. The maximum atomic E-state index is 13.1. The van der Waals surface area contributed by atoms with E-state index < -0.39 is 23.6 Å². The second-order valence-corrected chi connectivity index (χ2v) is 5.06. The van der Waals surface area contributed by atoms with Crippen LogP contribution in [0.4, 0.5) is 13.6 Å². The van der Waals surface area contributed by atoms with Gasteiger partial charge in [0.1, 0.15) is 6.04 Å². The molecule has 0 unspecified atom stereocenters. The first-order valence-corrected chi connectivity index (χ1v) is 7.30. The molecule has 22 heavy (non-hydrogen) atoms. The topological polar surface area (TPSA) is 74.8 Å². The number of hydrogen-bond acceptors (Lipinski definition) is 2. The van der Waals surface area contributed by atoms with Crippen LogP contribution in [0.1, 0.15) is 38.3 Å². The molecular weight excluding hydrogens is 292 g/mol. The molecule has 7 heteroatoms. The number of carbonyl (C=O) groups is 2. The van der Waals surface area contributed by atoms with Gasteiger partial charge in [-0.3, -0.25) is 10.1 Å². The Balaban J connectivity index is 2.36. The summed E-state index contributed by atoms with van der Waals surface area (Å²) in [5, 5.41) is 6.42. The maximum absolute atomic E-state index is 13.1. The number of quaternary nitrogens is 1. The third kappa shape index (κ3) is 6.17. The Hall–Kier alpha value is -2.02. The normalized spacial score (nSPS) is 11.8. The van der Waals surface area contributed by atoms with Crippen molar-refractivity contribution in [2.75, 3.05) is 13.1 Å². The van der Waals surface area contributed by atoms with Crippen molar-refractivity contribution < 1.29 is 23.7 Å². The second kappa shape index (κ2) is 9.09. The van der Waals surface area contributed by atoms with E-state index in [1.54, 1.807) is 12.2 Å². The zero-order valence-electron chi connectivity index (χ0n) is 12.8. The summed E-state index contributed by atoms with van der Waals surface area (Å²) in [5.41, 5.74) is 0.569. The molecule has 0 aliphatic heterocycles. The third-order valence-electron chi connectivity index (χ3n) is 3.20. The van der Waals surface area contributed by atoms with Crippen LogP contribution in [0.5, 0.6) is 0 Å². The van der Waals surface area contributed by atoms with Crippen LogP contribution in [0.3, 0.4) is 0 Å². The summed E-state index contributed by atoms with van der Waals surface area (Å²) in [7, 11) is 0. The number of carbonyl (C=O) groups excluding carboxylic acids is 2. The molecule has 1 aromatic rings. The molecule has 122 valence electrons. The summed E-state index contributed by atoms with van der Waals surface area (Å²) in [6.45, 7) is 4.30. The molecule has 0 aromatic heterocycles. The van der Waals surface area contributed by atoms with Crippen molar-refractivity contribution in [2.45, 2.75) is 32.7 Å². The molecule has 0 saturated heterocycles. The number of benzene rings is 1. The number of urea groups is 1. The highest BCUT2D eigenvalue weighted by Crippen LogP contribution is 2.12. The smallest absolute Gasteiger partial charge is 0.321 e. The van der Waals surface area contributed by atoms with Gasteiger partial charge in [0.05, 0.1) is 0 Å². The lowest BCUT2D eigenvalue weighted by Gasteiger charge is -2.11. The Morgan fingerprint density at radius 3 is 2.64 bits per heavy atom. The lowest BCUT2D eigenvalue weighted by molar-refractivity contribution is -0.682. The Morgan fingerprint density at radius 1 is 1.27 bits per heavy atom. The van der Waals surface area contributed by atoms with Gasteiger partial charge in [-0.25, -0.2) is 13.6 Å². The van der Waals surface area contributed by atoms with E-state index in [-0.39, 0.29) is 12.6 Å². The fourth-order valence-corrected chi connectivity index (χ4v) is 1.82. The quantitative estimate of drug-likeness (QED) is 0.662. The molecule has 0 saturated carbocycles. The summed E-state index contributed by atoms with van der Waals surface area (Å²) in [5.74, 6) is -2.27. The van der Waals surface area contributed by atoms with Gasteiger partial charge in [-0.2, -0.15) is 0 Å². The van der Waals surface area contributed by atoms with Gasteiger partial charge in [-0.05, 0) is 31.5 Å². The van der Waals surface area contributed by atoms with Crippen molar-refractivity contribution in [1.82, 2.24) is 10.6 Å². The molecule has 3 amide bonds. The number of unbranched alkanes of at least 4 members (excludes halogenated alkanes) is 1. The fourth-order valence-electron chi connectivity index (χ4n) is 1.82. The molecule has 0 bridgehead atoms. The van der Waals surface area contributed by atoms with Crippen LogP contribution in [-0.4, -0.2) is 25.0 Å². The van der Waals surface area contributed by atoms with E-state index in [4.69, 9.17) is 0 Å². The summed E-state index contributed by atoms with van der Waals surface area (Å²) in [6, 6.07) is 2.87. The Labute approximate surface area is 128 Å². The molecular formula is C15H22F2N3O2+. The number of amides is 3. The van der Waals surface area contributed by atoms with Crippen LogP contribution in [0.2, 0.25) is 0 Å². The Kier molecular flexibility index (Phi) is 7.45. The minimum atomic E-state index is -0.919. The van der Waals surface area contributed by atoms with Crippen LogP contribution in [0.25, 0.3) is 0 Å². The number of rotatable bonds is 7. The predicted molar refractivity (Wildman–Crippen MR) is 78.0 cm³/mol. The van der Waals surface area contributed by atoms with Crippen molar-refractivity contribution >= 4 is 11.9 Å². The third-order valence-corrected chi connectivity index (χ3v) is 3.20. The SMILES string of the molecule is CCCCNC(=O)NC(=O)C[NH2+][C@@H](C)c1ccc(F)c(F)c1. The second-order valence-electron chi connectivity index (χ2n) is 5.06. The number of nitrogens with two attached hydrogens (primary N) is 1. The van der Waals surface area contributed by atoms with E-state index in [0.29, 0.717) is 12.1 Å². The van der Waals surface area contributed by atoms with E-state index in [1.807, 2.05) is 6.92 Å². The van der Waals surface area contributed by atoms with Crippen molar-refractivity contribution in [3.8, 4) is 0 Å². The van der Waals surface area contributed by atoms with E-state index in [1.165, 1.54) is 6.07 Å². The van der Waals surface area contributed by atoms with Gasteiger partial charge >= 0.3 is 6.03 Å². The summed E-state index contributed by atoms with van der Waals surface area (Å²) in [4.78, 5) is 23.0. The van der Waals surface area contributed by atoms with Crippen molar-refractivity contribution in [3.63, 3.8) is 0 Å². The van der Waals surface area contributed by atoms with Crippen LogP contribution in [0, 0.1) is 11.6 Å². The molecule has 5 nitrogen and oxygen atoms in total. The molecule has 1 aromatic carbocycles. The van der Waals surface area contributed by atoms with E-state index >= 15 is 0 Å². The van der Waals surface area contributed by atoms with Gasteiger partial charge in [-0.15, -0.1) is 0 Å². The summed E-state index contributed by atoms with van der Waals surface area (Å²) >= 11 is 0. The monoisotopic (exact) mass is 314 g/mol. The van der Waals surface area contributed by atoms with Crippen LogP contribution >= 0.6 is 0 Å². The molecule has 0 fully saturated rings. The lowest BCUT2D eigenvalue weighted by atomic mass is 10.1. The highest BCUT2D eigenvalue weighted by atomic mass is 19.2. The van der Waals surface area contributed by atoms with Gasteiger partial charge in [-0.1, -0.05) is 13.3 Å².